The Kier molecular flexibility index (Phi) is 10.3. The van der Waals surface area contributed by atoms with Gasteiger partial charge in [-0.2, -0.15) is 0 Å². The highest BCUT2D eigenvalue weighted by Gasteiger charge is 2.31. The van der Waals surface area contributed by atoms with E-state index >= 15 is 0 Å². The maximum Gasteiger partial charge on any atom is 0.257 e. The fourth-order valence-corrected chi connectivity index (χ4v) is 6.22. The molecule has 3 aromatic rings. The van der Waals surface area contributed by atoms with E-state index in [-0.39, 0.29) is 42.0 Å². The molecular weight excluding hydrogens is 563 g/mol. The van der Waals surface area contributed by atoms with Crippen molar-refractivity contribution in [2.45, 2.75) is 71.1 Å². The van der Waals surface area contributed by atoms with Crippen LogP contribution >= 0.6 is 0 Å². The number of rotatable bonds is 11. The van der Waals surface area contributed by atoms with Crippen molar-refractivity contribution in [3.05, 3.63) is 65.6 Å². The number of benzene rings is 1. The predicted molar refractivity (Wildman–Crippen MR) is 166 cm³/mol. The molecule has 1 saturated heterocycles. The minimum absolute atomic E-state index is 0.0204. The predicted octanol–water partition coefficient (Wildman–Crippen LogP) is 5.02. The van der Waals surface area contributed by atoms with Crippen molar-refractivity contribution in [2.24, 2.45) is 0 Å². The molecule has 1 amide bonds. The Labute approximate surface area is 258 Å². The van der Waals surface area contributed by atoms with Gasteiger partial charge in [0.25, 0.3) is 5.91 Å². The quantitative estimate of drug-likeness (QED) is 0.322. The van der Waals surface area contributed by atoms with E-state index in [0.717, 1.165) is 55.7 Å². The second kappa shape index (κ2) is 14.3. The molecule has 1 atom stereocenters. The molecule has 10 nitrogen and oxygen atoms in total. The Balaban J connectivity index is 1.30. The van der Waals surface area contributed by atoms with Gasteiger partial charge in [0.2, 0.25) is 0 Å². The molecule has 236 valence electrons. The van der Waals surface area contributed by atoms with Crippen LogP contribution in [0.5, 0.6) is 17.2 Å². The lowest BCUT2D eigenvalue weighted by Crippen LogP contribution is -2.39. The number of nitrogens with zero attached hydrogens (tertiary/aromatic N) is 6. The number of aliphatic hydroxyl groups is 1. The van der Waals surface area contributed by atoms with Crippen molar-refractivity contribution in [1.29, 1.82) is 0 Å². The number of hydrogen-bond acceptors (Lipinski definition) is 9. The molecule has 44 heavy (non-hydrogen) atoms. The largest absolute Gasteiger partial charge is 0.490 e. The maximum absolute atomic E-state index is 14.3. The van der Waals surface area contributed by atoms with Crippen LogP contribution in [0, 0.1) is 5.82 Å². The first kappa shape index (κ1) is 31.6. The molecule has 4 heterocycles. The summed E-state index contributed by atoms with van der Waals surface area (Å²) in [7, 11) is 2.12. The third kappa shape index (κ3) is 6.94. The Hall–Kier alpha value is -3.83. The third-order valence-electron chi connectivity index (χ3n) is 8.55. The summed E-state index contributed by atoms with van der Waals surface area (Å²) in [6.07, 6.45) is 8.92. The maximum atomic E-state index is 14.3. The molecule has 0 aliphatic carbocycles. The molecular formula is C33H43FN6O4. The van der Waals surface area contributed by atoms with Crippen molar-refractivity contribution in [3.63, 3.8) is 0 Å². The summed E-state index contributed by atoms with van der Waals surface area (Å²) in [4.78, 5) is 32.8. The van der Waals surface area contributed by atoms with Crippen LogP contribution in [0.25, 0.3) is 0 Å². The van der Waals surface area contributed by atoms with Crippen molar-refractivity contribution in [2.75, 3.05) is 44.7 Å². The van der Waals surface area contributed by atoms with Gasteiger partial charge < -0.3 is 24.4 Å². The number of piperidine rings is 1. The van der Waals surface area contributed by atoms with E-state index < -0.39 is 5.82 Å². The number of carbonyl (C=O) groups excluding carboxylic acids is 1. The first-order chi connectivity index (χ1) is 21.3. The lowest BCUT2D eigenvalue weighted by molar-refractivity contribution is 0.0713. The van der Waals surface area contributed by atoms with Gasteiger partial charge in [-0.1, -0.05) is 0 Å². The number of anilines is 1. The molecule has 2 aromatic heterocycles. The summed E-state index contributed by atoms with van der Waals surface area (Å²) in [6, 6.07) is 6.07. The van der Waals surface area contributed by atoms with Gasteiger partial charge >= 0.3 is 0 Å². The summed E-state index contributed by atoms with van der Waals surface area (Å²) in [5.74, 6) is 1.35. The van der Waals surface area contributed by atoms with Gasteiger partial charge in [0, 0.05) is 75.9 Å². The summed E-state index contributed by atoms with van der Waals surface area (Å²) >= 11 is 0. The van der Waals surface area contributed by atoms with Gasteiger partial charge in [0.1, 0.15) is 29.7 Å². The zero-order valence-electron chi connectivity index (χ0n) is 26.1. The molecule has 5 rings (SSSR count). The van der Waals surface area contributed by atoms with E-state index in [1.165, 1.54) is 24.5 Å². The summed E-state index contributed by atoms with van der Waals surface area (Å²) in [6.45, 7) is 8.71. The van der Waals surface area contributed by atoms with Gasteiger partial charge in [-0.3, -0.25) is 14.7 Å². The van der Waals surface area contributed by atoms with Gasteiger partial charge in [-0.25, -0.2) is 14.4 Å². The fraction of sp³-hybridized carbons (Fsp3) is 0.515. The standard InChI is InChI=1S/C33H43FN6O4/c1-5-40(22(2)3)33(42)25-19-23(34)8-9-28(25)44-30-20-35-21-37-32(30)39-16-11-24(12-17-39)43-29-10-14-36-26-13-15-38(4)27(31(26)29)7-6-18-41/h8-10,14,19-22,24,27,41H,5-7,11-13,15-18H2,1-4H3. The zero-order chi connectivity index (χ0) is 31.2. The number of likely N-dealkylation sites (N-methyl/N-ethyl adjacent to an activating group) is 1. The Morgan fingerprint density at radius 2 is 1.93 bits per heavy atom. The van der Waals surface area contributed by atoms with Crippen molar-refractivity contribution in [1.82, 2.24) is 24.8 Å². The summed E-state index contributed by atoms with van der Waals surface area (Å²) in [5.41, 5.74) is 2.39. The minimum Gasteiger partial charge on any atom is -0.490 e. The molecule has 0 saturated carbocycles. The Bertz CT molecular complexity index is 1430. The van der Waals surface area contributed by atoms with Crippen LogP contribution in [0.1, 0.15) is 74.1 Å². The van der Waals surface area contributed by atoms with E-state index in [1.807, 2.05) is 33.0 Å². The highest BCUT2D eigenvalue weighted by Crippen LogP contribution is 2.39. The summed E-state index contributed by atoms with van der Waals surface area (Å²) < 4.78 is 27.2. The van der Waals surface area contributed by atoms with Gasteiger partial charge in [0.05, 0.1) is 17.5 Å². The smallest absolute Gasteiger partial charge is 0.257 e. The number of carbonyl (C=O) groups is 1. The average molecular weight is 607 g/mol. The van der Waals surface area contributed by atoms with Crippen molar-refractivity contribution < 1.29 is 23.8 Å². The Morgan fingerprint density at radius 3 is 2.66 bits per heavy atom. The van der Waals surface area contributed by atoms with Crippen LogP contribution in [0.2, 0.25) is 0 Å². The molecule has 2 aliphatic rings. The number of halogens is 1. The molecule has 0 radical (unpaired) electrons. The van der Waals surface area contributed by atoms with Gasteiger partial charge in [-0.15, -0.1) is 0 Å². The fourth-order valence-electron chi connectivity index (χ4n) is 6.22. The van der Waals surface area contributed by atoms with Gasteiger partial charge in [0.15, 0.2) is 11.6 Å². The SMILES string of the molecule is CCN(C(=O)c1cc(F)ccc1Oc1cncnc1N1CCC(Oc2ccnc3c2C(CCCO)N(C)CC3)CC1)C(C)C. The normalized spacial score (nSPS) is 17.4. The summed E-state index contributed by atoms with van der Waals surface area (Å²) in [5, 5.41) is 9.46. The topological polar surface area (TPSA) is 104 Å². The number of pyridine rings is 1. The second-order valence-corrected chi connectivity index (χ2v) is 11.7. The molecule has 1 N–H and O–H groups in total. The molecule has 1 unspecified atom stereocenters. The first-order valence-electron chi connectivity index (χ1n) is 15.6. The monoisotopic (exact) mass is 606 g/mol. The van der Waals surface area contributed by atoms with Crippen LogP contribution in [0.15, 0.2) is 43.0 Å². The minimum atomic E-state index is -0.506. The number of aliphatic hydroxyl groups excluding tert-OH is 1. The number of ether oxygens (including phenoxy) is 2. The van der Waals surface area contributed by atoms with Gasteiger partial charge in [-0.05, 0) is 64.9 Å². The van der Waals surface area contributed by atoms with Crippen LogP contribution in [0.3, 0.4) is 0 Å². The number of hydrogen-bond donors (Lipinski definition) is 1. The molecule has 1 aromatic carbocycles. The highest BCUT2D eigenvalue weighted by molar-refractivity contribution is 5.97. The van der Waals surface area contributed by atoms with Crippen LogP contribution in [-0.2, 0) is 6.42 Å². The molecule has 0 bridgehead atoms. The van der Waals surface area contributed by atoms with E-state index in [2.05, 4.69) is 31.8 Å². The van der Waals surface area contributed by atoms with Crippen molar-refractivity contribution >= 4 is 11.7 Å². The van der Waals surface area contributed by atoms with E-state index in [1.54, 1.807) is 11.1 Å². The van der Waals surface area contributed by atoms with Crippen LogP contribution < -0.4 is 14.4 Å². The lowest BCUT2D eigenvalue weighted by atomic mass is 9.93. The number of fused-ring (bicyclic) bond motifs is 1. The number of aromatic nitrogens is 3. The zero-order valence-corrected chi connectivity index (χ0v) is 26.1. The molecule has 0 spiro atoms. The third-order valence-corrected chi connectivity index (χ3v) is 8.55. The molecule has 1 fully saturated rings. The highest BCUT2D eigenvalue weighted by atomic mass is 19.1. The van der Waals surface area contributed by atoms with E-state index in [4.69, 9.17) is 9.47 Å². The van der Waals surface area contributed by atoms with Crippen LogP contribution in [-0.4, -0.2) is 87.7 Å². The first-order valence-corrected chi connectivity index (χ1v) is 15.6. The second-order valence-electron chi connectivity index (χ2n) is 11.7. The number of amides is 1. The molecule has 2 aliphatic heterocycles. The Morgan fingerprint density at radius 1 is 1.14 bits per heavy atom. The van der Waals surface area contributed by atoms with Crippen molar-refractivity contribution in [3.8, 4) is 17.2 Å². The van der Waals surface area contributed by atoms with Crippen LogP contribution in [0.4, 0.5) is 10.2 Å². The lowest BCUT2D eigenvalue weighted by Gasteiger charge is -2.37. The average Bonchev–Trinajstić information content (AvgIpc) is 3.02. The molecule has 11 heteroatoms. The van der Waals surface area contributed by atoms with E-state index in [9.17, 15) is 14.3 Å². The van der Waals surface area contributed by atoms with E-state index in [0.29, 0.717) is 31.2 Å².